The summed E-state index contributed by atoms with van der Waals surface area (Å²) in [4.78, 5) is 11.1. The molecule has 1 aliphatic heterocycles. The zero-order chi connectivity index (χ0) is 12.5. The van der Waals surface area contributed by atoms with Gasteiger partial charge in [0.25, 0.3) is 5.78 Å². The second-order valence-electron chi connectivity index (χ2n) is 4.98. The summed E-state index contributed by atoms with van der Waals surface area (Å²) in [5.41, 5.74) is 1.01. The first-order chi connectivity index (χ1) is 8.79. The fourth-order valence-corrected chi connectivity index (χ4v) is 2.84. The minimum absolute atomic E-state index is 0.618. The van der Waals surface area contributed by atoms with Crippen LogP contribution >= 0.6 is 0 Å². The van der Waals surface area contributed by atoms with Crippen LogP contribution in [0.5, 0.6) is 0 Å². The highest BCUT2D eigenvalue weighted by Gasteiger charge is 2.23. The molecule has 1 saturated heterocycles. The molecule has 0 radical (unpaired) electrons. The van der Waals surface area contributed by atoms with Gasteiger partial charge in [-0.2, -0.15) is 14.6 Å². The van der Waals surface area contributed by atoms with Crippen LogP contribution in [0.3, 0.4) is 0 Å². The molecular formula is C13H19N5. The molecule has 2 aromatic heterocycles. The maximum absolute atomic E-state index is 4.40. The van der Waals surface area contributed by atoms with Crippen LogP contribution in [0.1, 0.15) is 38.3 Å². The standard InChI is InChI=1S/C13H19N5/c1-3-11-6-4-5-7-17(11)12-8-10(2)16-13-14-9-15-18(12)13/h8-9,11H,3-7H2,1-2H3. The lowest BCUT2D eigenvalue weighted by Gasteiger charge is -2.36. The van der Waals surface area contributed by atoms with Crippen LogP contribution in [0.15, 0.2) is 12.4 Å². The first-order valence-corrected chi connectivity index (χ1v) is 6.73. The Kier molecular flexibility index (Phi) is 2.89. The maximum Gasteiger partial charge on any atom is 0.254 e. The summed E-state index contributed by atoms with van der Waals surface area (Å²) in [6.45, 7) is 5.38. The normalized spacial score (nSPS) is 20.6. The smallest absolute Gasteiger partial charge is 0.254 e. The molecule has 1 unspecified atom stereocenters. The molecule has 0 spiro atoms. The molecule has 0 aliphatic carbocycles. The molecule has 0 saturated carbocycles. The Morgan fingerprint density at radius 2 is 2.28 bits per heavy atom. The number of aryl methyl sites for hydroxylation is 1. The quantitative estimate of drug-likeness (QED) is 0.813. The van der Waals surface area contributed by atoms with Crippen molar-refractivity contribution in [2.24, 2.45) is 0 Å². The molecule has 0 N–H and O–H groups in total. The Balaban J connectivity index is 2.08. The fraction of sp³-hybridized carbons (Fsp3) is 0.615. The topological polar surface area (TPSA) is 46.3 Å². The Hall–Kier alpha value is -1.65. The van der Waals surface area contributed by atoms with Gasteiger partial charge in [0.2, 0.25) is 0 Å². The predicted molar refractivity (Wildman–Crippen MR) is 70.8 cm³/mol. The van der Waals surface area contributed by atoms with Gasteiger partial charge >= 0.3 is 0 Å². The summed E-state index contributed by atoms with van der Waals surface area (Å²) in [6.07, 6.45) is 6.62. The third kappa shape index (κ3) is 1.83. The van der Waals surface area contributed by atoms with Crippen molar-refractivity contribution < 1.29 is 0 Å². The highest BCUT2D eigenvalue weighted by atomic mass is 15.4. The Bertz CT molecular complexity index is 547. The predicted octanol–water partition coefficient (Wildman–Crippen LogP) is 2.20. The second-order valence-corrected chi connectivity index (χ2v) is 4.98. The van der Waals surface area contributed by atoms with E-state index in [4.69, 9.17) is 0 Å². The highest BCUT2D eigenvalue weighted by molar-refractivity contribution is 5.48. The van der Waals surface area contributed by atoms with Gasteiger partial charge in [0, 0.05) is 24.3 Å². The fourth-order valence-electron chi connectivity index (χ4n) is 2.84. The summed E-state index contributed by atoms with van der Waals surface area (Å²) < 4.78 is 1.86. The summed E-state index contributed by atoms with van der Waals surface area (Å²) >= 11 is 0. The van der Waals surface area contributed by atoms with Gasteiger partial charge in [-0.1, -0.05) is 6.92 Å². The van der Waals surface area contributed by atoms with Crippen LogP contribution in [0.2, 0.25) is 0 Å². The largest absolute Gasteiger partial charge is 0.353 e. The average molecular weight is 245 g/mol. The van der Waals surface area contributed by atoms with E-state index in [1.54, 1.807) is 6.33 Å². The van der Waals surface area contributed by atoms with Gasteiger partial charge in [-0.3, -0.25) is 0 Å². The summed E-state index contributed by atoms with van der Waals surface area (Å²) in [6, 6.07) is 2.74. The molecular weight excluding hydrogens is 226 g/mol. The molecule has 0 aromatic carbocycles. The van der Waals surface area contributed by atoms with Gasteiger partial charge in [0.05, 0.1) is 0 Å². The van der Waals surface area contributed by atoms with Gasteiger partial charge in [0.15, 0.2) is 0 Å². The van der Waals surface area contributed by atoms with E-state index < -0.39 is 0 Å². The minimum Gasteiger partial charge on any atom is -0.353 e. The minimum atomic E-state index is 0.618. The van der Waals surface area contributed by atoms with Gasteiger partial charge in [0.1, 0.15) is 12.1 Å². The molecule has 5 nitrogen and oxygen atoms in total. The highest BCUT2D eigenvalue weighted by Crippen LogP contribution is 2.26. The van der Waals surface area contributed by atoms with E-state index in [-0.39, 0.29) is 0 Å². The molecule has 3 rings (SSSR count). The van der Waals surface area contributed by atoms with Crippen LogP contribution in [-0.2, 0) is 0 Å². The summed E-state index contributed by atoms with van der Waals surface area (Å²) in [5.74, 6) is 1.84. The van der Waals surface area contributed by atoms with Crippen molar-refractivity contribution in [1.29, 1.82) is 0 Å². The lowest BCUT2D eigenvalue weighted by Crippen LogP contribution is -2.40. The van der Waals surface area contributed by atoms with E-state index in [0.29, 0.717) is 11.8 Å². The van der Waals surface area contributed by atoms with Crippen LogP contribution in [0.25, 0.3) is 5.78 Å². The first-order valence-electron chi connectivity index (χ1n) is 6.73. The van der Waals surface area contributed by atoms with Crippen molar-refractivity contribution in [3.8, 4) is 0 Å². The summed E-state index contributed by atoms with van der Waals surface area (Å²) in [5, 5.41) is 4.31. The van der Waals surface area contributed by atoms with Crippen LogP contribution in [-0.4, -0.2) is 32.2 Å². The van der Waals surface area contributed by atoms with E-state index in [2.05, 4.69) is 33.0 Å². The number of nitrogens with zero attached hydrogens (tertiary/aromatic N) is 5. The van der Waals surface area contributed by atoms with Crippen molar-refractivity contribution >= 4 is 11.6 Å². The molecule has 2 aromatic rings. The van der Waals surface area contributed by atoms with E-state index in [9.17, 15) is 0 Å². The number of fused-ring (bicyclic) bond motifs is 1. The third-order valence-corrected chi connectivity index (χ3v) is 3.75. The Morgan fingerprint density at radius 1 is 1.39 bits per heavy atom. The summed E-state index contributed by atoms with van der Waals surface area (Å²) in [7, 11) is 0. The average Bonchev–Trinajstić information content (AvgIpc) is 2.85. The van der Waals surface area contributed by atoms with E-state index in [0.717, 1.165) is 18.1 Å². The van der Waals surface area contributed by atoms with Crippen molar-refractivity contribution in [3.05, 3.63) is 18.1 Å². The molecule has 0 bridgehead atoms. The molecule has 3 heterocycles. The third-order valence-electron chi connectivity index (χ3n) is 3.75. The molecule has 1 atom stereocenters. The zero-order valence-corrected chi connectivity index (χ0v) is 11.0. The Morgan fingerprint density at radius 3 is 3.11 bits per heavy atom. The SMILES string of the molecule is CCC1CCCCN1c1cc(C)nc2ncnn12. The van der Waals surface area contributed by atoms with Gasteiger partial charge in [-0.05, 0) is 32.6 Å². The number of anilines is 1. The van der Waals surface area contributed by atoms with E-state index >= 15 is 0 Å². The lowest BCUT2D eigenvalue weighted by atomic mass is 10.00. The second kappa shape index (κ2) is 4.55. The number of piperidine rings is 1. The Labute approximate surface area is 107 Å². The molecule has 1 aliphatic rings. The number of rotatable bonds is 2. The maximum atomic E-state index is 4.40. The van der Waals surface area contributed by atoms with Gasteiger partial charge < -0.3 is 4.90 Å². The molecule has 5 heteroatoms. The van der Waals surface area contributed by atoms with Crippen molar-refractivity contribution in [1.82, 2.24) is 19.6 Å². The van der Waals surface area contributed by atoms with Crippen molar-refractivity contribution in [2.45, 2.75) is 45.6 Å². The van der Waals surface area contributed by atoms with Gasteiger partial charge in [-0.15, -0.1) is 0 Å². The van der Waals surface area contributed by atoms with Gasteiger partial charge in [-0.25, -0.2) is 4.98 Å². The number of aromatic nitrogens is 4. The van der Waals surface area contributed by atoms with Crippen LogP contribution in [0.4, 0.5) is 5.82 Å². The molecule has 18 heavy (non-hydrogen) atoms. The molecule has 96 valence electrons. The number of hydrogen-bond acceptors (Lipinski definition) is 4. The number of hydrogen-bond donors (Lipinski definition) is 0. The first kappa shape index (κ1) is 11.4. The molecule has 0 amide bonds. The zero-order valence-electron chi connectivity index (χ0n) is 11.0. The van der Waals surface area contributed by atoms with Crippen LogP contribution in [0, 0.1) is 6.92 Å². The van der Waals surface area contributed by atoms with E-state index in [1.807, 2.05) is 11.4 Å². The molecule has 1 fully saturated rings. The lowest BCUT2D eigenvalue weighted by molar-refractivity contribution is 0.444. The monoisotopic (exact) mass is 245 g/mol. The van der Waals surface area contributed by atoms with Crippen molar-refractivity contribution in [3.63, 3.8) is 0 Å². The van der Waals surface area contributed by atoms with Crippen molar-refractivity contribution in [2.75, 3.05) is 11.4 Å². The van der Waals surface area contributed by atoms with Crippen LogP contribution < -0.4 is 4.90 Å². The van der Waals surface area contributed by atoms with E-state index in [1.165, 1.54) is 25.7 Å².